The van der Waals surface area contributed by atoms with Crippen LogP contribution in [0.25, 0.3) is 0 Å². The van der Waals surface area contributed by atoms with Gasteiger partial charge in [0.25, 0.3) is 0 Å². The smallest absolute Gasteiger partial charge is 0.224 e. The van der Waals surface area contributed by atoms with Crippen LogP contribution in [0.4, 0.5) is 5.69 Å². The van der Waals surface area contributed by atoms with Gasteiger partial charge < -0.3 is 5.32 Å². The summed E-state index contributed by atoms with van der Waals surface area (Å²) in [5.41, 5.74) is 3.39. The van der Waals surface area contributed by atoms with Gasteiger partial charge in [0.2, 0.25) is 5.91 Å². The molecule has 2 nitrogen and oxygen atoms in total. The van der Waals surface area contributed by atoms with Crippen molar-refractivity contribution in [2.24, 2.45) is 0 Å². The molecule has 0 aliphatic carbocycles. The average molecular weight is 332 g/mol. The normalized spacial score (nSPS) is 11.0. The molecule has 136 valence electrons. The Labute approximate surface area is 149 Å². The van der Waals surface area contributed by atoms with E-state index in [4.69, 9.17) is 0 Å². The molecule has 0 atom stereocenters. The van der Waals surface area contributed by atoms with Crippen LogP contribution in [-0.4, -0.2) is 5.91 Å². The highest BCUT2D eigenvalue weighted by Crippen LogP contribution is 2.22. The molecule has 1 rings (SSSR count). The predicted octanol–water partition coefficient (Wildman–Crippen LogP) is 6.98. The maximum atomic E-state index is 12.1. The first-order valence-electron chi connectivity index (χ1n) is 9.95. The molecule has 2 heteroatoms. The van der Waals surface area contributed by atoms with Crippen molar-refractivity contribution in [3.63, 3.8) is 0 Å². The lowest BCUT2D eigenvalue weighted by atomic mass is 10.0. The van der Waals surface area contributed by atoms with E-state index in [1.807, 2.05) is 0 Å². The number of anilines is 1. The van der Waals surface area contributed by atoms with E-state index in [2.05, 4.69) is 51.2 Å². The molecular weight excluding hydrogens is 294 g/mol. The molecule has 0 aromatic heterocycles. The Kier molecular flexibility index (Phi) is 10.5. The standard InChI is InChI=1S/C22H37NO/c1-5-6-7-8-9-10-11-12-13-14-22(24)23-21-17-20(18(2)3)16-15-19(21)4/h15-18H,5-14H2,1-4H3,(H,23,24). The van der Waals surface area contributed by atoms with Gasteiger partial charge in [0, 0.05) is 12.1 Å². The van der Waals surface area contributed by atoms with Crippen molar-refractivity contribution < 1.29 is 4.79 Å². The number of amides is 1. The maximum Gasteiger partial charge on any atom is 0.224 e. The largest absolute Gasteiger partial charge is 0.326 e. The summed E-state index contributed by atoms with van der Waals surface area (Å²) >= 11 is 0. The number of nitrogens with one attached hydrogen (secondary N) is 1. The third kappa shape index (κ3) is 8.52. The number of benzene rings is 1. The zero-order valence-corrected chi connectivity index (χ0v) is 16.3. The van der Waals surface area contributed by atoms with Gasteiger partial charge in [0.15, 0.2) is 0 Å². The summed E-state index contributed by atoms with van der Waals surface area (Å²) in [6.07, 6.45) is 12.2. The van der Waals surface area contributed by atoms with Crippen molar-refractivity contribution in [3.8, 4) is 0 Å². The molecule has 1 aromatic rings. The van der Waals surface area contributed by atoms with E-state index < -0.39 is 0 Å². The van der Waals surface area contributed by atoms with Crippen LogP contribution < -0.4 is 5.32 Å². The van der Waals surface area contributed by atoms with Crippen molar-refractivity contribution in [1.82, 2.24) is 0 Å². The molecule has 0 saturated carbocycles. The Morgan fingerprint density at radius 1 is 0.958 bits per heavy atom. The van der Waals surface area contributed by atoms with Crippen molar-refractivity contribution in [2.75, 3.05) is 5.32 Å². The minimum atomic E-state index is 0.155. The minimum Gasteiger partial charge on any atom is -0.326 e. The number of unbranched alkanes of at least 4 members (excludes halogenated alkanes) is 8. The highest BCUT2D eigenvalue weighted by atomic mass is 16.1. The lowest BCUT2D eigenvalue weighted by Crippen LogP contribution is -2.12. The van der Waals surface area contributed by atoms with E-state index >= 15 is 0 Å². The quantitative estimate of drug-likeness (QED) is 0.411. The number of aryl methyl sites for hydroxylation is 1. The van der Waals surface area contributed by atoms with Gasteiger partial charge in [-0.05, 0) is 36.5 Å². The molecule has 24 heavy (non-hydrogen) atoms. The number of rotatable bonds is 12. The second kappa shape index (κ2) is 12.1. The van der Waals surface area contributed by atoms with Gasteiger partial charge in [-0.3, -0.25) is 4.79 Å². The van der Waals surface area contributed by atoms with Crippen LogP contribution in [0.3, 0.4) is 0 Å². The summed E-state index contributed by atoms with van der Waals surface area (Å²) in [7, 11) is 0. The fourth-order valence-corrected chi connectivity index (χ4v) is 2.94. The summed E-state index contributed by atoms with van der Waals surface area (Å²) in [5.74, 6) is 0.639. The number of carbonyl (C=O) groups is 1. The Morgan fingerprint density at radius 3 is 2.12 bits per heavy atom. The summed E-state index contributed by atoms with van der Waals surface area (Å²) in [4.78, 5) is 12.1. The highest BCUT2D eigenvalue weighted by molar-refractivity contribution is 5.91. The molecular formula is C22H37NO. The minimum absolute atomic E-state index is 0.155. The van der Waals surface area contributed by atoms with Gasteiger partial charge in [0.05, 0.1) is 0 Å². The first kappa shape index (κ1) is 20.7. The van der Waals surface area contributed by atoms with Gasteiger partial charge in [-0.1, -0.05) is 84.3 Å². The summed E-state index contributed by atoms with van der Waals surface area (Å²) in [5, 5.41) is 3.09. The van der Waals surface area contributed by atoms with Crippen LogP contribution in [0.15, 0.2) is 18.2 Å². The Balaban J connectivity index is 2.19. The zero-order valence-electron chi connectivity index (χ0n) is 16.3. The molecule has 1 aromatic carbocycles. The van der Waals surface area contributed by atoms with Crippen LogP contribution in [0.5, 0.6) is 0 Å². The van der Waals surface area contributed by atoms with E-state index in [1.54, 1.807) is 0 Å². The number of carbonyl (C=O) groups excluding carboxylic acids is 1. The van der Waals surface area contributed by atoms with Crippen molar-refractivity contribution in [2.45, 2.75) is 97.8 Å². The molecule has 0 spiro atoms. The first-order chi connectivity index (χ1) is 11.5. The van der Waals surface area contributed by atoms with Crippen molar-refractivity contribution >= 4 is 11.6 Å². The first-order valence-corrected chi connectivity index (χ1v) is 9.95. The molecule has 0 aliphatic rings. The monoisotopic (exact) mass is 331 g/mol. The number of hydrogen-bond acceptors (Lipinski definition) is 1. The van der Waals surface area contributed by atoms with E-state index in [0.717, 1.165) is 17.7 Å². The van der Waals surface area contributed by atoms with Gasteiger partial charge in [-0.15, -0.1) is 0 Å². The molecule has 0 bridgehead atoms. The lowest BCUT2D eigenvalue weighted by Gasteiger charge is -2.12. The third-order valence-electron chi connectivity index (χ3n) is 4.71. The average Bonchev–Trinajstić information content (AvgIpc) is 2.55. The van der Waals surface area contributed by atoms with Crippen molar-refractivity contribution in [1.29, 1.82) is 0 Å². The van der Waals surface area contributed by atoms with Crippen LogP contribution in [0.2, 0.25) is 0 Å². The Bertz CT molecular complexity index is 479. The van der Waals surface area contributed by atoms with E-state index in [0.29, 0.717) is 12.3 Å². The molecule has 0 saturated heterocycles. The third-order valence-corrected chi connectivity index (χ3v) is 4.71. The van der Waals surface area contributed by atoms with Crippen molar-refractivity contribution in [3.05, 3.63) is 29.3 Å². The molecule has 1 N–H and O–H groups in total. The second-order valence-corrected chi connectivity index (χ2v) is 7.36. The Morgan fingerprint density at radius 2 is 1.54 bits per heavy atom. The van der Waals surface area contributed by atoms with Gasteiger partial charge in [-0.25, -0.2) is 0 Å². The van der Waals surface area contributed by atoms with Crippen LogP contribution in [-0.2, 0) is 4.79 Å². The topological polar surface area (TPSA) is 29.1 Å². The predicted molar refractivity (Wildman–Crippen MR) is 106 cm³/mol. The molecule has 0 heterocycles. The molecule has 0 radical (unpaired) electrons. The summed E-state index contributed by atoms with van der Waals surface area (Å²) in [6.45, 7) is 8.67. The van der Waals surface area contributed by atoms with Gasteiger partial charge >= 0.3 is 0 Å². The molecule has 0 unspecified atom stereocenters. The molecule has 0 fully saturated rings. The molecule has 1 amide bonds. The van der Waals surface area contributed by atoms with Gasteiger partial charge in [0.1, 0.15) is 0 Å². The summed E-state index contributed by atoms with van der Waals surface area (Å²) in [6, 6.07) is 6.37. The Hall–Kier alpha value is -1.31. The highest BCUT2D eigenvalue weighted by Gasteiger charge is 2.07. The number of hydrogen-bond donors (Lipinski definition) is 1. The van der Waals surface area contributed by atoms with Crippen LogP contribution in [0, 0.1) is 6.92 Å². The van der Waals surface area contributed by atoms with Crippen LogP contribution >= 0.6 is 0 Å². The van der Waals surface area contributed by atoms with E-state index in [-0.39, 0.29) is 5.91 Å². The fourth-order valence-electron chi connectivity index (χ4n) is 2.94. The summed E-state index contributed by atoms with van der Waals surface area (Å²) < 4.78 is 0. The zero-order chi connectivity index (χ0) is 17.8. The fraction of sp³-hybridized carbons (Fsp3) is 0.682. The van der Waals surface area contributed by atoms with Gasteiger partial charge in [-0.2, -0.15) is 0 Å². The van der Waals surface area contributed by atoms with E-state index in [1.165, 1.54) is 56.9 Å². The van der Waals surface area contributed by atoms with Crippen LogP contribution in [0.1, 0.15) is 102 Å². The maximum absolute atomic E-state index is 12.1. The second-order valence-electron chi connectivity index (χ2n) is 7.36. The molecule has 0 aliphatic heterocycles. The van der Waals surface area contributed by atoms with E-state index in [9.17, 15) is 4.79 Å². The lowest BCUT2D eigenvalue weighted by molar-refractivity contribution is -0.116. The SMILES string of the molecule is CCCCCCCCCCCC(=O)Nc1cc(C(C)C)ccc1C.